The first kappa shape index (κ1) is 25.7. The maximum Gasteiger partial charge on any atom is 0.193 e. The molecule has 0 amide bonds. The van der Waals surface area contributed by atoms with Crippen molar-refractivity contribution in [1.29, 1.82) is 0 Å². The van der Waals surface area contributed by atoms with Crippen LogP contribution in [-0.2, 0) is 19.7 Å². The Morgan fingerprint density at radius 2 is 0.794 bits per heavy atom. The minimum absolute atomic E-state index is 0.569. The van der Waals surface area contributed by atoms with Crippen molar-refractivity contribution in [2.45, 2.75) is 0 Å². The van der Waals surface area contributed by atoms with E-state index in [1.54, 1.807) is 72.8 Å². The van der Waals surface area contributed by atoms with E-state index in [9.17, 15) is 16.8 Å². The van der Waals surface area contributed by atoms with E-state index in [1.807, 2.05) is 0 Å². The number of rotatable bonds is 8. The van der Waals surface area contributed by atoms with Gasteiger partial charge in [0.1, 0.15) is 0 Å². The lowest BCUT2D eigenvalue weighted by molar-refractivity contribution is 0.611. The molecule has 0 fully saturated rings. The lowest BCUT2D eigenvalue weighted by atomic mass is 10.1. The Hall–Kier alpha value is -2.90. The minimum atomic E-state index is -3.60. The van der Waals surface area contributed by atoms with Gasteiger partial charge in [-0.25, -0.2) is 16.8 Å². The highest BCUT2D eigenvalue weighted by Gasteiger charge is 2.02. The van der Waals surface area contributed by atoms with Crippen LogP contribution in [0.4, 0.5) is 0 Å². The summed E-state index contributed by atoms with van der Waals surface area (Å²) < 4.78 is 49.1. The zero-order valence-corrected chi connectivity index (χ0v) is 20.9. The molecule has 0 saturated carbocycles. The van der Waals surface area contributed by atoms with Crippen molar-refractivity contribution >= 4 is 67.2 Å². The van der Waals surface area contributed by atoms with Crippen LogP contribution >= 0.6 is 23.2 Å². The molecular weight excluding hydrogens is 511 g/mol. The molecule has 0 saturated heterocycles. The maximum absolute atomic E-state index is 12.3. The standard InChI is InChI=1S/C26H20Cl2O4S2/c27-25-8-4-21(5-9-25)12-16-33(29,30)18-14-23-2-1-3-24(20-23)15-19-34(31,32)17-13-22-6-10-26(28)11-7-22/h1-20H/b16-12-,17-13-,18-14+,19-15+. The van der Waals surface area contributed by atoms with Gasteiger partial charge in [0.15, 0.2) is 19.7 Å². The van der Waals surface area contributed by atoms with Gasteiger partial charge in [-0.15, -0.1) is 0 Å². The maximum atomic E-state index is 12.3. The van der Waals surface area contributed by atoms with Crippen molar-refractivity contribution in [3.8, 4) is 0 Å². The van der Waals surface area contributed by atoms with Gasteiger partial charge in [-0.2, -0.15) is 0 Å². The molecule has 0 unspecified atom stereocenters. The van der Waals surface area contributed by atoms with Crippen molar-refractivity contribution in [3.63, 3.8) is 0 Å². The van der Waals surface area contributed by atoms with Crippen LogP contribution in [0, 0.1) is 0 Å². The lowest BCUT2D eigenvalue weighted by Gasteiger charge is -1.98. The third kappa shape index (κ3) is 8.80. The Morgan fingerprint density at radius 1 is 0.471 bits per heavy atom. The molecule has 174 valence electrons. The van der Waals surface area contributed by atoms with Crippen LogP contribution in [0.25, 0.3) is 24.3 Å². The summed E-state index contributed by atoms with van der Waals surface area (Å²) in [6, 6.07) is 20.4. The van der Waals surface area contributed by atoms with E-state index in [1.165, 1.54) is 24.3 Å². The highest BCUT2D eigenvalue weighted by atomic mass is 35.5. The number of benzene rings is 3. The lowest BCUT2D eigenvalue weighted by Crippen LogP contribution is -1.89. The Labute approximate surface area is 210 Å². The zero-order chi connectivity index (χ0) is 24.6. The second-order valence-electron chi connectivity index (χ2n) is 7.16. The number of hydrogen-bond acceptors (Lipinski definition) is 4. The van der Waals surface area contributed by atoms with Crippen molar-refractivity contribution in [3.05, 3.63) is 127 Å². The Bertz CT molecular complexity index is 1360. The second-order valence-corrected chi connectivity index (χ2v) is 11.5. The van der Waals surface area contributed by atoms with E-state index in [-0.39, 0.29) is 0 Å². The molecule has 0 heterocycles. The molecule has 0 radical (unpaired) electrons. The topological polar surface area (TPSA) is 68.3 Å². The Morgan fingerprint density at radius 3 is 1.15 bits per heavy atom. The summed E-state index contributed by atoms with van der Waals surface area (Å²) in [5.74, 6) is 0. The molecule has 8 heteroatoms. The molecule has 3 rings (SSSR count). The van der Waals surface area contributed by atoms with Gasteiger partial charge in [-0.1, -0.05) is 65.7 Å². The smallest absolute Gasteiger partial charge is 0.193 e. The second kappa shape index (κ2) is 11.5. The quantitative estimate of drug-likeness (QED) is 0.311. The average Bonchev–Trinajstić information content (AvgIpc) is 2.81. The van der Waals surface area contributed by atoms with E-state index >= 15 is 0 Å². The fourth-order valence-corrected chi connectivity index (χ4v) is 4.52. The average molecular weight is 531 g/mol. The molecule has 0 spiro atoms. The van der Waals surface area contributed by atoms with Crippen molar-refractivity contribution in [2.24, 2.45) is 0 Å². The van der Waals surface area contributed by atoms with E-state index < -0.39 is 19.7 Å². The van der Waals surface area contributed by atoms with Gasteiger partial charge in [0.05, 0.1) is 0 Å². The number of hydrogen-bond donors (Lipinski definition) is 0. The molecule has 34 heavy (non-hydrogen) atoms. The van der Waals surface area contributed by atoms with Gasteiger partial charge >= 0.3 is 0 Å². The summed E-state index contributed by atoms with van der Waals surface area (Å²) in [7, 11) is -7.20. The van der Waals surface area contributed by atoms with Crippen molar-refractivity contribution in [2.75, 3.05) is 0 Å². The molecular formula is C26H20Cl2O4S2. The molecule has 0 N–H and O–H groups in total. The van der Waals surface area contributed by atoms with Gasteiger partial charge in [0.25, 0.3) is 0 Å². The first-order chi connectivity index (χ1) is 16.1. The highest BCUT2D eigenvalue weighted by Crippen LogP contribution is 2.15. The summed E-state index contributed by atoms with van der Waals surface area (Å²) >= 11 is 11.7. The molecule has 3 aromatic carbocycles. The van der Waals surface area contributed by atoms with Gasteiger partial charge < -0.3 is 0 Å². The zero-order valence-electron chi connectivity index (χ0n) is 17.8. The van der Waals surface area contributed by atoms with Crippen LogP contribution in [-0.4, -0.2) is 16.8 Å². The van der Waals surface area contributed by atoms with E-state index in [0.717, 1.165) is 21.6 Å². The van der Waals surface area contributed by atoms with Crippen LogP contribution in [0.3, 0.4) is 0 Å². The predicted molar refractivity (Wildman–Crippen MR) is 143 cm³/mol. The fraction of sp³-hybridized carbons (Fsp3) is 0. The molecule has 0 aromatic heterocycles. The molecule has 0 aliphatic rings. The summed E-state index contributed by atoms with van der Waals surface area (Å²) in [6.07, 6.45) is 5.87. The summed E-state index contributed by atoms with van der Waals surface area (Å²) in [5, 5.41) is 5.53. The van der Waals surface area contributed by atoms with E-state index in [2.05, 4.69) is 0 Å². The van der Waals surface area contributed by atoms with Crippen molar-refractivity contribution in [1.82, 2.24) is 0 Å². The molecule has 0 aliphatic carbocycles. The third-order valence-electron chi connectivity index (χ3n) is 4.45. The fourth-order valence-electron chi connectivity index (χ4n) is 2.70. The van der Waals surface area contributed by atoms with Crippen LogP contribution in [0.5, 0.6) is 0 Å². The first-order valence-electron chi connectivity index (χ1n) is 9.94. The van der Waals surface area contributed by atoms with Gasteiger partial charge in [-0.05, 0) is 76.9 Å². The molecule has 3 aromatic rings. The van der Waals surface area contributed by atoms with Crippen molar-refractivity contribution < 1.29 is 16.8 Å². The molecule has 0 bridgehead atoms. The van der Waals surface area contributed by atoms with Crippen LogP contribution in [0.15, 0.2) is 94.4 Å². The SMILES string of the molecule is O=S(=O)(/C=C\c1ccc(Cl)cc1)/C=C/c1cccc(/C=C/S(=O)(=O)/C=C\c2ccc(Cl)cc2)c1. The van der Waals surface area contributed by atoms with Crippen LogP contribution in [0.1, 0.15) is 22.3 Å². The summed E-state index contributed by atoms with van der Waals surface area (Å²) in [5.41, 5.74) is 2.64. The van der Waals surface area contributed by atoms with Crippen LogP contribution < -0.4 is 0 Å². The predicted octanol–water partition coefficient (Wildman–Crippen LogP) is 7.11. The van der Waals surface area contributed by atoms with Gasteiger partial charge in [0.2, 0.25) is 0 Å². The van der Waals surface area contributed by atoms with Gasteiger partial charge in [-0.3, -0.25) is 0 Å². The minimum Gasteiger partial charge on any atom is -0.220 e. The monoisotopic (exact) mass is 530 g/mol. The summed E-state index contributed by atoms with van der Waals surface area (Å²) in [4.78, 5) is 0. The van der Waals surface area contributed by atoms with E-state index in [0.29, 0.717) is 32.3 Å². The highest BCUT2D eigenvalue weighted by molar-refractivity contribution is 7.97. The molecule has 0 aliphatic heterocycles. The first-order valence-corrected chi connectivity index (χ1v) is 13.9. The van der Waals surface area contributed by atoms with Crippen LogP contribution in [0.2, 0.25) is 10.0 Å². The molecule has 4 nitrogen and oxygen atoms in total. The Balaban J connectivity index is 1.68. The summed E-state index contributed by atoms with van der Waals surface area (Å²) in [6.45, 7) is 0. The number of sulfone groups is 2. The van der Waals surface area contributed by atoms with E-state index in [4.69, 9.17) is 23.2 Å². The normalized spacial score (nSPS) is 13.0. The molecule has 0 atom stereocenters. The number of halogens is 2. The Kier molecular flexibility index (Phi) is 8.69. The largest absolute Gasteiger partial charge is 0.220 e. The van der Waals surface area contributed by atoms with Gasteiger partial charge in [0, 0.05) is 31.7 Å². The third-order valence-corrected chi connectivity index (χ3v) is 7.02.